The predicted molar refractivity (Wildman–Crippen MR) is 129 cm³/mol. The number of carbonyl (C=O) groups is 2. The van der Waals surface area contributed by atoms with Crippen LogP contribution in [0.5, 0.6) is 0 Å². The summed E-state index contributed by atoms with van der Waals surface area (Å²) >= 11 is 0. The molecule has 2 heterocycles. The zero-order valence-corrected chi connectivity index (χ0v) is 21.9. The Morgan fingerprint density at radius 1 is 1.23 bits per heavy atom. The van der Waals surface area contributed by atoms with Crippen molar-refractivity contribution in [3.8, 4) is 0 Å². The summed E-state index contributed by atoms with van der Waals surface area (Å²) in [6.07, 6.45) is 7.27. The van der Waals surface area contributed by atoms with Crippen molar-refractivity contribution in [2.75, 3.05) is 13.2 Å². The summed E-state index contributed by atoms with van der Waals surface area (Å²) in [5.41, 5.74) is -1.68. The van der Waals surface area contributed by atoms with Gasteiger partial charge in [-0.1, -0.05) is 45.8 Å². The molecule has 5 fully saturated rings. The van der Waals surface area contributed by atoms with E-state index in [0.717, 1.165) is 37.7 Å². The number of aldehydes is 1. The average molecular weight is 487 g/mol. The van der Waals surface area contributed by atoms with Gasteiger partial charge in [0, 0.05) is 24.4 Å². The Balaban J connectivity index is 1.38. The van der Waals surface area contributed by atoms with Gasteiger partial charge in [-0.25, -0.2) is 0 Å². The maximum atomic E-state index is 13.5. The lowest BCUT2D eigenvalue weighted by atomic mass is 9.43. The number of allylic oxidation sites excluding steroid dienone is 1. The molecule has 6 aliphatic rings. The molecule has 0 radical (unpaired) electrons. The Bertz CT molecular complexity index is 943. The van der Waals surface area contributed by atoms with Crippen molar-refractivity contribution in [3.05, 3.63) is 11.6 Å². The first-order valence-corrected chi connectivity index (χ1v) is 13.9. The van der Waals surface area contributed by atoms with E-state index in [1.807, 2.05) is 0 Å². The van der Waals surface area contributed by atoms with E-state index in [1.54, 1.807) is 0 Å². The second-order valence-electron chi connectivity index (χ2n) is 13.2. The minimum absolute atomic E-state index is 0.0477. The van der Waals surface area contributed by atoms with Crippen molar-refractivity contribution in [1.82, 2.24) is 0 Å². The van der Waals surface area contributed by atoms with Crippen LogP contribution in [0, 0.1) is 57.7 Å². The van der Waals surface area contributed by atoms with E-state index in [2.05, 4.69) is 40.7 Å². The van der Waals surface area contributed by atoms with Crippen molar-refractivity contribution in [2.45, 2.75) is 85.2 Å². The molecule has 1 unspecified atom stereocenters. The highest BCUT2D eigenvalue weighted by Crippen LogP contribution is 2.82. The van der Waals surface area contributed by atoms with Crippen LogP contribution in [-0.2, 0) is 23.8 Å². The van der Waals surface area contributed by atoms with Gasteiger partial charge in [-0.3, -0.25) is 4.79 Å². The van der Waals surface area contributed by atoms with Gasteiger partial charge in [-0.05, 0) is 61.7 Å². The lowest BCUT2D eigenvalue weighted by molar-refractivity contribution is -0.249. The topological polar surface area (TPSA) is 82.1 Å². The molecule has 35 heavy (non-hydrogen) atoms. The molecule has 6 heteroatoms. The molecule has 12 atom stereocenters. The smallest absolute Gasteiger partial charge is 0.315 e. The van der Waals surface area contributed by atoms with Crippen LogP contribution in [0.1, 0.15) is 66.7 Å². The standard InChI is InChI=1S/C29H42O6/c1-15(2)22-8-19-10-27(13-30)21-7-6-16(3)20(21)11-28(19,29(22,27)26(31)32)14-34-24-9-23-25(18(5)35-24)17(4)12-33-23/h8,13,15-21,23-25H,6-7,9-12,14H2,1-5H3,(H,31,32)/t16-,17+,18-,19+,20-,21-,23+,24?,25-,27+,28+,29+/m1/s1. The van der Waals surface area contributed by atoms with Crippen molar-refractivity contribution >= 4 is 12.3 Å². The largest absolute Gasteiger partial charge is 0.481 e. The summed E-state index contributed by atoms with van der Waals surface area (Å²) in [5.74, 6) is 1.18. The number of hydrogen-bond donors (Lipinski definition) is 1. The highest BCUT2D eigenvalue weighted by atomic mass is 16.7. The molecule has 0 aromatic rings. The molecule has 4 aliphatic carbocycles. The molecule has 6 nitrogen and oxygen atoms in total. The number of aliphatic carboxylic acids is 1. The van der Waals surface area contributed by atoms with Crippen molar-refractivity contribution in [2.24, 2.45) is 57.7 Å². The van der Waals surface area contributed by atoms with Gasteiger partial charge in [0.15, 0.2) is 6.29 Å². The summed E-state index contributed by atoms with van der Waals surface area (Å²) in [6.45, 7) is 11.9. The molecular weight excluding hydrogens is 444 g/mol. The third-order valence-electron chi connectivity index (χ3n) is 11.6. The van der Waals surface area contributed by atoms with Crippen LogP contribution in [0.3, 0.4) is 0 Å². The van der Waals surface area contributed by atoms with E-state index in [0.29, 0.717) is 43.1 Å². The first-order valence-electron chi connectivity index (χ1n) is 13.9. The van der Waals surface area contributed by atoms with E-state index in [9.17, 15) is 14.7 Å². The third-order valence-corrected chi connectivity index (χ3v) is 11.6. The number of carboxylic acids is 1. The molecule has 0 aromatic heterocycles. The highest BCUT2D eigenvalue weighted by molar-refractivity contribution is 5.90. The maximum absolute atomic E-state index is 13.5. The summed E-state index contributed by atoms with van der Waals surface area (Å²) < 4.78 is 19.0. The van der Waals surface area contributed by atoms with Crippen LogP contribution in [0.25, 0.3) is 0 Å². The Labute approximate surface area is 209 Å². The van der Waals surface area contributed by atoms with E-state index >= 15 is 0 Å². The zero-order chi connectivity index (χ0) is 24.9. The zero-order valence-electron chi connectivity index (χ0n) is 21.9. The summed E-state index contributed by atoms with van der Waals surface area (Å²) in [5, 5.41) is 11.1. The van der Waals surface area contributed by atoms with Gasteiger partial charge in [-0.15, -0.1) is 0 Å². The Kier molecular flexibility index (Phi) is 5.43. The number of hydrogen-bond acceptors (Lipinski definition) is 5. The van der Waals surface area contributed by atoms with Gasteiger partial charge >= 0.3 is 5.97 Å². The fourth-order valence-electron chi connectivity index (χ4n) is 10.4. The fraction of sp³-hybridized carbons (Fsp3) is 0.862. The fourth-order valence-corrected chi connectivity index (χ4v) is 10.4. The normalized spacial score (nSPS) is 54.0. The van der Waals surface area contributed by atoms with Crippen molar-refractivity contribution in [3.63, 3.8) is 0 Å². The Hall–Kier alpha value is -1.24. The maximum Gasteiger partial charge on any atom is 0.315 e. The molecule has 194 valence electrons. The van der Waals surface area contributed by atoms with E-state index in [4.69, 9.17) is 14.2 Å². The van der Waals surface area contributed by atoms with Crippen molar-refractivity contribution in [1.29, 1.82) is 0 Å². The van der Waals surface area contributed by atoms with E-state index < -0.39 is 28.5 Å². The number of rotatable bonds is 6. The second kappa shape index (κ2) is 7.88. The summed E-state index contributed by atoms with van der Waals surface area (Å²) in [7, 11) is 0. The van der Waals surface area contributed by atoms with Gasteiger partial charge in [0.25, 0.3) is 0 Å². The summed E-state index contributed by atoms with van der Waals surface area (Å²) in [6, 6.07) is 0. The molecule has 2 saturated heterocycles. The number of fused-ring (bicyclic) bond motifs is 3. The molecule has 2 aliphatic heterocycles. The molecule has 6 rings (SSSR count). The Morgan fingerprint density at radius 2 is 2.00 bits per heavy atom. The highest BCUT2D eigenvalue weighted by Gasteiger charge is 2.84. The average Bonchev–Trinajstić information content (AvgIpc) is 3.50. The van der Waals surface area contributed by atoms with Gasteiger partial charge < -0.3 is 24.1 Å². The number of carboxylic acid groups (broad SMARTS) is 1. The lowest BCUT2D eigenvalue weighted by Gasteiger charge is -2.58. The summed E-state index contributed by atoms with van der Waals surface area (Å²) in [4.78, 5) is 26.7. The van der Waals surface area contributed by atoms with Crippen LogP contribution < -0.4 is 0 Å². The Morgan fingerprint density at radius 3 is 2.69 bits per heavy atom. The van der Waals surface area contributed by atoms with Gasteiger partial charge in [0.05, 0.1) is 24.2 Å². The van der Waals surface area contributed by atoms with Crippen LogP contribution >= 0.6 is 0 Å². The minimum Gasteiger partial charge on any atom is -0.481 e. The van der Waals surface area contributed by atoms with Gasteiger partial charge in [-0.2, -0.15) is 0 Å². The molecule has 0 amide bonds. The molecule has 4 bridgehead atoms. The lowest BCUT2D eigenvalue weighted by Crippen LogP contribution is -2.63. The SMILES string of the molecule is CC(C)C1=C[C@H]2C[C@]3(C=O)[C@@H]4CC[C@@H](C)[C@H]4C[C@@]2(COC2C[C@@H]4OC[C@H](C)[C@@H]4[C@@H](C)O2)[C@]13C(=O)O. The molecule has 3 saturated carbocycles. The monoisotopic (exact) mass is 486 g/mol. The molecule has 0 spiro atoms. The first-order chi connectivity index (χ1) is 16.6. The number of carbonyl (C=O) groups excluding carboxylic acids is 1. The van der Waals surface area contributed by atoms with Crippen LogP contribution in [0.15, 0.2) is 11.6 Å². The third kappa shape index (κ3) is 2.77. The van der Waals surface area contributed by atoms with Crippen LogP contribution in [0.4, 0.5) is 0 Å². The first kappa shape index (κ1) is 24.1. The second-order valence-corrected chi connectivity index (χ2v) is 13.2. The van der Waals surface area contributed by atoms with Crippen LogP contribution in [0.2, 0.25) is 0 Å². The quantitative estimate of drug-likeness (QED) is 0.432. The van der Waals surface area contributed by atoms with E-state index in [-0.39, 0.29) is 30.0 Å². The van der Waals surface area contributed by atoms with E-state index in [1.165, 1.54) is 0 Å². The predicted octanol–water partition coefficient (Wildman–Crippen LogP) is 4.71. The molecule has 1 N–H and O–H groups in total. The number of ether oxygens (including phenoxy) is 3. The van der Waals surface area contributed by atoms with Crippen molar-refractivity contribution < 1.29 is 28.9 Å². The molecule has 0 aromatic carbocycles. The van der Waals surface area contributed by atoms with Gasteiger partial charge in [0.2, 0.25) is 0 Å². The minimum atomic E-state index is -1.19. The van der Waals surface area contributed by atoms with Gasteiger partial charge in [0.1, 0.15) is 11.7 Å². The molecular formula is C29H42O6. The van der Waals surface area contributed by atoms with Crippen LogP contribution in [-0.4, -0.2) is 49.1 Å².